The van der Waals surface area contributed by atoms with Crippen LogP contribution >= 0.6 is 0 Å². The average molecular weight is 413 g/mol. The monoisotopic (exact) mass is 413 g/mol. The second-order valence-corrected chi connectivity index (χ2v) is 6.16. The lowest BCUT2D eigenvalue weighted by Gasteiger charge is -2.10. The number of hydrogen-bond acceptors (Lipinski definition) is 7. The molecule has 0 aliphatic rings. The molecule has 158 valence electrons. The van der Waals surface area contributed by atoms with E-state index in [9.17, 15) is 14.4 Å². The molecule has 0 unspecified atom stereocenters. The highest BCUT2D eigenvalue weighted by Crippen LogP contribution is 2.23. The first-order valence-electron chi connectivity index (χ1n) is 8.93. The standard InChI is InChI=1S/C22H23NO7/c1-14-5-7-16(22(26)29-4)11-19(14)23-20(24)13-30-21(25)8-6-15-9-17(27-2)12-18(10-15)28-3/h5-12H,13H2,1-4H3,(H,23,24)/b8-6+. The van der Waals surface area contributed by atoms with E-state index in [1.165, 1.54) is 39.5 Å². The molecule has 0 aliphatic heterocycles. The Morgan fingerprint density at radius 3 is 2.23 bits per heavy atom. The van der Waals surface area contributed by atoms with Crippen molar-refractivity contribution in [3.05, 3.63) is 59.2 Å². The maximum atomic E-state index is 12.1. The van der Waals surface area contributed by atoms with Gasteiger partial charge in [0.1, 0.15) is 11.5 Å². The van der Waals surface area contributed by atoms with Crippen LogP contribution in [0.15, 0.2) is 42.5 Å². The van der Waals surface area contributed by atoms with Gasteiger partial charge in [-0.15, -0.1) is 0 Å². The van der Waals surface area contributed by atoms with Gasteiger partial charge in [0.25, 0.3) is 5.91 Å². The number of aryl methyl sites for hydroxylation is 1. The molecule has 0 bridgehead atoms. The quantitative estimate of drug-likeness (QED) is 0.524. The fourth-order valence-electron chi connectivity index (χ4n) is 2.46. The Morgan fingerprint density at radius 2 is 1.63 bits per heavy atom. The van der Waals surface area contributed by atoms with Crippen LogP contribution in [0.2, 0.25) is 0 Å². The Bertz CT molecular complexity index is 944. The van der Waals surface area contributed by atoms with Gasteiger partial charge in [-0.1, -0.05) is 6.07 Å². The third-order valence-electron chi connectivity index (χ3n) is 4.06. The molecule has 8 nitrogen and oxygen atoms in total. The van der Waals surface area contributed by atoms with E-state index in [-0.39, 0.29) is 0 Å². The van der Waals surface area contributed by atoms with Crippen LogP contribution in [0.25, 0.3) is 6.08 Å². The predicted octanol–water partition coefficient (Wildman–Crippen LogP) is 2.99. The minimum absolute atomic E-state index is 0.298. The number of carbonyl (C=O) groups is 3. The Kier molecular flexibility index (Phi) is 7.99. The summed E-state index contributed by atoms with van der Waals surface area (Å²) in [5.74, 6) is -0.592. The first-order chi connectivity index (χ1) is 14.4. The van der Waals surface area contributed by atoms with Crippen LogP contribution < -0.4 is 14.8 Å². The maximum absolute atomic E-state index is 12.1. The minimum atomic E-state index is -0.688. The van der Waals surface area contributed by atoms with Crippen LogP contribution in [-0.2, 0) is 19.1 Å². The predicted molar refractivity (Wildman–Crippen MR) is 111 cm³/mol. The fourth-order valence-corrected chi connectivity index (χ4v) is 2.46. The zero-order valence-corrected chi connectivity index (χ0v) is 17.2. The van der Waals surface area contributed by atoms with Crippen LogP contribution in [0.1, 0.15) is 21.5 Å². The minimum Gasteiger partial charge on any atom is -0.497 e. The van der Waals surface area contributed by atoms with Crippen LogP contribution in [0.4, 0.5) is 5.69 Å². The van der Waals surface area contributed by atoms with Crippen molar-refractivity contribution in [3.8, 4) is 11.5 Å². The van der Waals surface area contributed by atoms with Crippen molar-refractivity contribution in [2.24, 2.45) is 0 Å². The van der Waals surface area contributed by atoms with E-state index in [1.54, 1.807) is 37.3 Å². The number of methoxy groups -OCH3 is 3. The lowest BCUT2D eigenvalue weighted by Crippen LogP contribution is -2.21. The van der Waals surface area contributed by atoms with Crippen molar-refractivity contribution in [2.75, 3.05) is 33.3 Å². The highest BCUT2D eigenvalue weighted by atomic mass is 16.5. The third kappa shape index (κ3) is 6.37. The van der Waals surface area contributed by atoms with Gasteiger partial charge in [-0.05, 0) is 48.4 Å². The number of anilines is 1. The highest BCUT2D eigenvalue weighted by Gasteiger charge is 2.11. The highest BCUT2D eigenvalue weighted by molar-refractivity contribution is 5.97. The van der Waals surface area contributed by atoms with Crippen LogP contribution in [0.5, 0.6) is 11.5 Å². The number of esters is 2. The molecule has 0 saturated carbocycles. The molecular formula is C22H23NO7. The van der Waals surface area contributed by atoms with Crippen molar-refractivity contribution >= 4 is 29.6 Å². The number of benzene rings is 2. The van der Waals surface area contributed by atoms with E-state index in [2.05, 4.69) is 10.1 Å². The molecule has 8 heteroatoms. The van der Waals surface area contributed by atoms with Gasteiger partial charge in [0.05, 0.1) is 26.9 Å². The second kappa shape index (κ2) is 10.7. The Labute approximate surface area is 174 Å². The summed E-state index contributed by atoms with van der Waals surface area (Å²) in [6.07, 6.45) is 2.72. The molecule has 0 fully saturated rings. The topological polar surface area (TPSA) is 100 Å². The summed E-state index contributed by atoms with van der Waals surface area (Å²) in [6, 6.07) is 9.91. The lowest BCUT2D eigenvalue weighted by molar-refractivity contribution is -0.142. The van der Waals surface area contributed by atoms with Crippen LogP contribution in [-0.4, -0.2) is 45.8 Å². The van der Waals surface area contributed by atoms with E-state index >= 15 is 0 Å². The zero-order valence-electron chi connectivity index (χ0n) is 17.2. The van der Waals surface area contributed by atoms with E-state index < -0.39 is 24.5 Å². The summed E-state index contributed by atoms with van der Waals surface area (Å²) >= 11 is 0. The number of amides is 1. The Morgan fingerprint density at radius 1 is 0.967 bits per heavy atom. The van der Waals surface area contributed by atoms with Gasteiger partial charge in [-0.2, -0.15) is 0 Å². The van der Waals surface area contributed by atoms with Crippen LogP contribution in [0.3, 0.4) is 0 Å². The second-order valence-electron chi connectivity index (χ2n) is 6.16. The molecule has 0 saturated heterocycles. The molecule has 0 atom stereocenters. The normalized spacial score (nSPS) is 10.4. The number of hydrogen-bond donors (Lipinski definition) is 1. The van der Waals surface area contributed by atoms with E-state index in [0.717, 1.165) is 5.56 Å². The van der Waals surface area contributed by atoms with Crippen molar-refractivity contribution in [1.82, 2.24) is 0 Å². The number of ether oxygens (including phenoxy) is 4. The van der Waals surface area contributed by atoms with Gasteiger partial charge < -0.3 is 24.3 Å². The molecule has 0 heterocycles. The molecule has 1 amide bonds. The van der Waals surface area contributed by atoms with E-state index in [0.29, 0.717) is 28.3 Å². The number of rotatable bonds is 8. The number of carbonyl (C=O) groups excluding carboxylic acids is 3. The summed E-state index contributed by atoms with van der Waals surface area (Å²) in [5, 5.41) is 2.61. The van der Waals surface area contributed by atoms with Gasteiger partial charge >= 0.3 is 11.9 Å². The molecule has 0 aliphatic carbocycles. The summed E-state index contributed by atoms with van der Waals surface area (Å²) < 4.78 is 20.0. The largest absolute Gasteiger partial charge is 0.497 e. The Balaban J connectivity index is 1.94. The molecule has 2 rings (SSSR count). The first-order valence-corrected chi connectivity index (χ1v) is 8.93. The summed E-state index contributed by atoms with van der Waals surface area (Å²) in [4.78, 5) is 35.6. The molecule has 0 aromatic heterocycles. The summed E-state index contributed by atoms with van der Waals surface area (Å²) in [5.41, 5.74) is 2.14. The molecule has 0 spiro atoms. The SMILES string of the molecule is COC(=O)c1ccc(C)c(NC(=O)COC(=O)/C=C/c2cc(OC)cc(OC)c2)c1. The van der Waals surface area contributed by atoms with Gasteiger partial charge in [0.15, 0.2) is 6.61 Å². The molecule has 30 heavy (non-hydrogen) atoms. The molecular weight excluding hydrogens is 390 g/mol. The maximum Gasteiger partial charge on any atom is 0.337 e. The lowest BCUT2D eigenvalue weighted by atomic mass is 10.1. The summed E-state index contributed by atoms with van der Waals surface area (Å²) in [7, 11) is 4.32. The Hall–Kier alpha value is -3.81. The smallest absolute Gasteiger partial charge is 0.337 e. The van der Waals surface area contributed by atoms with E-state index in [1.807, 2.05) is 0 Å². The van der Waals surface area contributed by atoms with Crippen molar-refractivity contribution < 1.29 is 33.3 Å². The van der Waals surface area contributed by atoms with Crippen LogP contribution in [0, 0.1) is 6.92 Å². The summed E-state index contributed by atoms with van der Waals surface area (Å²) in [6.45, 7) is 1.29. The zero-order chi connectivity index (χ0) is 22.1. The first kappa shape index (κ1) is 22.5. The number of nitrogens with one attached hydrogen (secondary N) is 1. The molecule has 2 aromatic rings. The molecule has 0 radical (unpaired) electrons. The molecule has 2 aromatic carbocycles. The molecule has 1 N–H and O–H groups in total. The van der Waals surface area contributed by atoms with Gasteiger partial charge in [0, 0.05) is 17.8 Å². The van der Waals surface area contributed by atoms with Gasteiger partial charge in [-0.25, -0.2) is 9.59 Å². The fraction of sp³-hybridized carbons (Fsp3) is 0.227. The van der Waals surface area contributed by atoms with Gasteiger partial charge in [0.2, 0.25) is 0 Å². The van der Waals surface area contributed by atoms with Gasteiger partial charge in [-0.3, -0.25) is 4.79 Å². The van der Waals surface area contributed by atoms with Crippen molar-refractivity contribution in [3.63, 3.8) is 0 Å². The van der Waals surface area contributed by atoms with Crippen molar-refractivity contribution in [1.29, 1.82) is 0 Å². The van der Waals surface area contributed by atoms with Crippen molar-refractivity contribution in [2.45, 2.75) is 6.92 Å². The average Bonchev–Trinajstić information content (AvgIpc) is 2.76. The third-order valence-corrected chi connectivity index (χ3v) is 4.06. The van der Waals surface area contributed by atoms with E-state index in [4.69, 9.17) is 14.2 Å².